The molecule has 1 fully saturated rings. The van der Waals surface area contributed by atoms with E-state index in [0.717, 1.165) is 11.1 Å². The highest BCUT2D eigenvalue weighted by atomic mass is 19.4. The number of alkyl halides is 3. The molecule has 3 aromatic carbocycles. The average molecular weight is 633 g/mol. The maximum Gasteiger partial charge on any atom is 0.422 e. The fourth-order valence-corrected chi connectivity index (χ4v) is 5.05. The first-order valence-corrected chi connectivity index (χ1v) is 14.4. The second-order valence-electron chi connectivity index (χ2n) is 11.1. The number of nitrogens with one attached hydrogen (secondary N) is 2. The summed E-state index contributed by atoms with van der Waals surface area (Å²) in [6.45, 7) is 1.66. The molecule has 0 aliphatic carbocycles. The molecule has 2 N–H and O–H groups in total. The first-order chi connectivity index (χ1) is 22.0. The van der Waals surface area contributed by atoms with E-state index in [9.17, 15) is 27.2 Å². The molecular formula is C33H28F4N6O3. The zero-order valence-corrected chi connectivity index (χ0v) is 24.5. The predicted molar refractivity (Wildman–Crippen MR) is 163 cm³/mol. The van der Waals surface area contributed by atoms with Crippen LogP contribution in [0.3, 0.4) is 0 Å². The number of hydrogen-bond donors (Lipinski definition) is 2. The normalized spacial score (nSPS) is 13.4. The number of nitrogens with zero attached hydrogens (tertiary/aromatic N) is 4. The number of aromatic nitrogens is 3. The van der Waals surface area contributed by atoms with E-state index in [4.69, 9.17) is 4.74 Å². The molecule has 236 valence electrons. The summed E-state index contributed by atoms with van der Waals surface area (Å²) in [7, 11) is 0. The molecular weight excluding hydrogens is 604 g/mol. The van der Waals surface area contributed by atoms with Gasteiger partial charge >= 0.3 is 6.18 Å². The second-order valence-corrected chi connectivity index (χ2v) is 11.1. The molecule has 0 spiro atoms. The van der Waals surface area contributed by atoms with Gasteiger partial charge in [-0.05, 0) is 71.6 Å². The third kappa shape index (κ3) is 7.25. The molecule has 0 saturated carbocycles. The summed E-state index contributed by atoms with van der Waals surface area (Å²) < 4.78 is 58.7. The molecule has 1 saturated heterocycles. The number of hydrogen-bond acceptors (Lipinski definition) is 6. The zero-order chi connectivity index (χ0) is 32.4. The van der Waals surface area contributed by atoms with E-state index < -0.39 is 12.8 Å². The van der Waals surface area contributed by atoms with Crippen molar-refractivity contribution in [2.24, 2.45) is 5.92 Å². The number of carbonyl (C=O) groups is 2. The number of carbonyl (C=O) groups excluding carboxylic acids is 2. The lowest BCUT2D eigenvalue weighted by molar-refractivity contribution is -0.153. The molecule has 5 aromatic rings. The molecule has 2 amide bonds. The third-order valence-corrected chi connectivity index (χ3v) is 7.33. The van der Waals surface area contributed by atoms with Crippen LogP contribution >= 0.6 is 0 Å². The van der Waals surface area contributed by atoms with E-state index in [2.05, 4.69) is 20.7 Å². The lowest BCUT2D eigenvalue weighted by Crippen LogP contribution is -2.48. The van der Waals surface area contributed by atoms with Crippen molar-refractivity contribution in [3.63, 3.8) is 0 Å². The highest BCUT2D eigenvalue weighted by Crippen LogP contribution is 2.32. The van der Waals surface area contributed by atoms with Gasteiger partial charge in [-0.1, -0.05) is 31.2 Å². The minimum absolute atomic E-state index is 0.109. The summed E-state index contributed by atoms with van der Waals surface area (Å²) in [5, 5.41) is 10.2. The zero-order valence-electron chi connectivity index (χ0n) is 24.5. The van der Waals surface area contributed by atoms with Gasteiger partial charge < -0.3 is 20.3 Å². The maximum atomic E-state index is 13.1. The number of benzene rings is 3. The molecule has 0 bridgehead atoms. The lowest BCUT2D eigenvalue weighted by Gasteiger charge is -2.37. The van der Waals surface area contributed by atoms with Gasteiger partial charge in [-0.2, -0.15) is 18.2 Å². The number of pyridine rings is 1. The Balaban J connectivity index is 1.16. The Bertz CT molecular complexity index is 1890. The van der Waals surface area contributed by atoms with Crippen LogP contribution in [-0.4, -0.2) is 57.2 Å². The average Bonchev–Trinajstić information content (AvgIpc) is 3.41. The van der Waals surface area contributed by atoms with Gasteiger partial charge in [0.2, 0.25) is 11.9 Å². The number of likely N-dealkylation sites (tertiary alicyclic amines) is 1. The Kier molecular flexibility index (Phi) is 8.31. The third-order valence-electron chi connectivity index (χ3n) is 7.33. The summed E-state index contributed by atoms with van der Waals surface area (Å²) in [4.78, 5) is 31.2. The van der Waals surface area contributed by atoms with E-state index in [1.807, 2.05) is 25.1 Å². The van der Waals surface area contributed by atoms with Crippen molar-refractivity contribution in [1.29, 1.82) is 0 Å². The van der Waals surface area contributed by atoms with Crippen molar-refractivity contribution < 1.29 is 31.9 Å². The van der Waals surface area contributed by atoms with Crippen LogP contribution in [0.25, 0.3) is 16.8 Å². The monoisotopic (exact) mass is 632 g/mol. The Morgan fingerprint density at radius 3 is 2.37 bits per heavy atom. The molecule has 9 nitrogen and oxygen atoms in total. The summed E-state index contributed by atoms with van der Waals surface area (Å²) in [5.74, 6) is -0.539. The van der Waals surface area contributed by atoms with Crippen molar-refractivity contribution in [2.75, 3.05) is 30.3 Å². The van der Waals surface area contributed by atoms with Gasteiger partial charge in [0.05, 0.1) is 12.1 Å². The van der Waals surface area contributed by atoms with Gasteiger partial charge in [0.15, 0.2) is 12.3 Å². The first kappa shape index (κ1) is 30.6. The topological polar surface area (TPSA) is 101 Å². The van der Waals surface area contributed by atoms with Gasteiger partial charge in [0.25, 0.3) is 5.91 Å². The molecule has 1 aliphatic rings. The number of rotatable bonds is 9. The van der Waals surface area contributed by atoms with E-state index in [-0.39, 0.29) is 47.0 Å². The van der Waals surface area contributed by atoms with Crippen LogP contribution in [0.1, 0.15) is 22.8 Å². The van der Waals surface area contributed by atoms with Crippen LogP contribution in [0, 0.1) is 11.7 Å². The van der Waals surface area contributed by atoms with Crippen LogP contribution < -0.4 is 15.4 Å². The number of anilines is 3. The van der Waals surface area contributed by atoms with Crippen LogP contribution in [0.4, 0.5) is 34.9 Å². The molecule has 6 rings (SSSR count). The quantitative estimate of drug-likeness (QED) is 0.180. The standard InChI is InChI=1S/C33H28F4N6O3/c1-20-16-42(17-20)31(45)23-6-12-27(28(15-23)46-19-33(35,36)37)39-32-40-29-13-7-24(18-43(29)41-32)22-4-10-26(11-5-22)38-30(44)14-21-2-8-25(34)9-3-21/h2-13,15,18,20H,14,16-17,19H2,1H3,(H,38,44)(H,39,41). The highest BCUT2D eigenvalue weighted by molar-refractivity contribution is 5.96. The van der Waals surface area contributed by atoms with Gasteiger partial charge in [-0.15, -0.1) is 5.10 Å². The van der Waals surface area contributed by atoms with Crippen molar-refractivity contribution >= 4 is 34.8 Å². The van der Waals surface area contributed by atoms with Crippen LogP contribution in [-0.2, 0) is 11.2 Å². The molecule has 13 heteroatoms. The van der Waals surface area contributed by atoms with Crippen LogP contribution in [0.15, 0.2) is 85.1 Å². The molecule has 0 atom stereocenters. The van der Waals surface area contributed by atoms with Crippen LogP contribution in [0.5, 0.6) is 5.75 Å². The Labute approximate surface area is 260 Å². The molecule has 3 heterocycles. The second kappa shape index (κ2) is 12.5. The molecule has 0 unspecified atom stereocenters. The summed E-state index contributed by atoms with van der Waals surface area (Å²) >= 11 is 0. The lowest BCUT2D eigenvalue weighted by atomic mass is 10.0. The van der Waals surface area contributed by atoms with E-state index in [1.54, 1.807) is 41.4 Å². The smallest absolute Gasteiger partial charge is 0.422 e. The van der Waals surface area contributed by atoms with Gasteiger partial charge in [0.1, 0.15) is 11.6 Å². The number of amides is 2. The van der Waals surface area contributed by atoms with Gasteiger partial charge in [0, 0.05) is 36.1 Å². The van der Waals surface area contributed by atoms with Crippen molar-refractivity contribution in [2.45, 2.75) is 19.5 Å². The van der Waals surface area contributed by atoms with E-state index in [0.29, 0.717) is 35.9 Å². The van der Waals surface area contributed by atoms with Gasteiger partial charge in [-0.3, -0.25) is 9.59 Å². The number of halogens is 4. The number of fused-ring (bicyclic) bond motifs is 1. The summed E-state index contributed by atoms with van der Waals surface area (Å²) in [5.41, 5.74) is 3.80. The van der Waals surface area contributed by atoms with Gasteiger partial charge in [-0.25, -0.2) is 8.91 Å². The molecule has 1 aliphatic heterocycles. The molecule has 2 aromatic heterocycles. The maximum absolute atomic E-state index is 13.1. The number of ether oxygens (including phenoxy) is 1. The van der Waals surface area contributed by atoms with E-state index >= 15 is 0 Å². The molecule has 0 radical (unpaired) electrons. The van der Waals surface area contributed by atoms with Crippen molar-refractivity contribution in [1.82, 2.24) is 19.5 Å². The largest absolute Gasteiger partial charge is 0.482 e. The van der Waals surface area contributed by atoms with Crippen molar-refractivity contribution in [3.8, 4) is 16.9 Å². The first-order valence-electron chi connectivity index (χ1n) is 14.4. The summed E-state index contributed by atoms with van der Waals surface area (Å²) in [6, 6.07) is 20.8. The van der Waals surface area contributed by atoms with E-state index in [1.165, 1.54) is 34.8 Å². The Hall–Kier alpha value is -5.46. The minimum atomic E-state index is -4.57. The predicted octanol–water partition coefficient (Wildman–Crippen LogP) is 6.49. The fourth-order valence-electron chi connectivity index (χ4n) is 5.05. The molecule has 46 heavy (non-hydrogen) atoms. The minimum Gasteiger partial charge on any atom is -0.482 e. The van der Waals surface area contributed by atoms with Crippen molar-refractivity contribution in [3.05, 3.63) is 102 Å². The SMILES string of the molecule is CC1CN(C(=O)c2ccc(Nc3nc4ccc(-c5ccc(NC(=O)Cc6ccc(F)cc6)cc5)cn4n3)c(OCC(F)(F)F)c2)C1. The fraction of sp³-hybridized carbons (Fsp3) is 0.212. The Morgan fingerprint density at radius 1 is 0.957 bits per heavy atom. The van der Waals surface area contributed by atoms with Crippen LogP contribution in [0.2, 0.25) is 0 Å². The summed E-state index contributed by atoms with van der Waals surface area (Å²) in [6.07, 6.45) is -2.72. The Morgan fingerprint density at radius 2 is 1.67 bits per heavy atom. The highest BCUT2D eigenvalue weighted by Gasteiger charge is 2.31.